The molecule has 2 unspecified atom stereocenters. The molecule has 4 N–H and O–H groups in total. The van der Waals surface area contributed by atoms with E-state index in [-0.39, 0.29) is 31.1 Å². The van der Waals surface area contributed by atoms with Crippen LogP contribution < -0.4 is 15.5 Å². The van der Waals surface area contributed by atoms with Crippen LogP contribution in [0, 0.1) is 5.41 Å². The molecule has 1 saturated carbocycles. The van der Waals surface area contributed by atoms with Gasteiger partial charge in [-0.3, -0.25) is 33.9 Å². The van der Waals surface area contributed by atoms with Crippen LogP contribution in [0.3, 0.4) is 0 Å². The van der Waals surface area contributed by atoms with Gasteiger partial charge in [0.1, 0.15) is 18.2 Å². The summed E-state index contributed by atoms with van der Waals surface area (Å²) >= 11 is 6.19. The van der Waals surface area contributed by atoms with E-state index < -0.39 is 53.8 Å². The quantitative estimate of drug-likeness (QED) is 0.177. The van der Waals surface area contributed by atoms with Gasteiger partial charge in [0.15, 0.2) is 0 Å². The maximum atomic E-state index is 14.4. The molecule has 1 aliphatic carbocycles. The highest BCUT2D eigenvalue weighted by Gasteiger charge is 2.49. The molecule has 0 bridgehead atoms. The largest absolute Gasteiger partial charge is 0.481 e. The van der Waals surface area contributed by atoms with Crippen molar-refractivity contribution >= 4 is 52.9 Å². The number of rotatable bonds is 15. The summed E-state index contributed by atoms with van der Waals surface area (Å²) in [5.41, 5.74) is 1.54. The first kappa shape index (κ1) is 37.9. The van der Waals surface area contributed by atoms with E-state index in [0.29, 0.717) is 53.2 Å². The smallest absolute Gasteiger partial charge is 0.326 e. The average molecular weight is 732 g/mol. The fourth-order valence-corrected chi connectivity index (χ4v) is 7.27. The lowest BCUT2D eigenvalue weighted by Crippen LogP contribution is -2.49. The van der Waals surface area contributed by atoms with Crippen LogP contribution in [0.15, 0.2) is 73.1 Å². The number of anilines is 1. The van der Waals surface area contributed by atoms with Gasteiger partial charge in [-0.05, 0) is 66.3 Å². The van der Waals surface area contributed by atoms with Gasteiger partial charge in [0.25, 0.3) is 5.91 Å². The summed E-state index contributed by atoms with van der Waals surface area (Å²) in [7, 11) is 0. The zero-order valence-corrected chi connectivity index (χ0v) is 29.6. The molecule has 0 spiro atoms. The maximum absolute atomic E-state index is 14.4. The molecule has 2 fully saturated rings. The monoisotopic (exact) mass is 731 g/mol. The summed E-state index contributed by atoms with van der Waals surface area (Å²) in [6, 6.07) is 14.7. The summed E-state index contributed by atoms with van der Waals surface area (Å²) in [5.74, 6) is -3.79. The molecule has 3 aromatic rings. The number of carboxylic acid groups (broad SMARTS) is 2. The summed E-state index contributed by atoms with van der Waals surface area (Å²) in [6.45, 7) is 1.73. The van der Waals surface area contributed by atoms with E-state index in [2.05, 4.69) is 15.6 Å². The minimum atomic E-state index is -1.22. The van der Waals surface area contributed by atoms with Crippen LogP contribution in [-0.4, -0.2) is 74.3 Å². The molecule has 1 saturated heterocycles. The number of aromatic nitrogens is 1. The van der Waals surface area contributed by atoms with E-state index in [1.807, 2.05) is 0 Å². The average Bonchev–Trinajstić information content (AvgIpc) is 3.71. The van der Waals surface area contributed by atoms with Gasteiger partial charge in [-0.1, -0.05) is 54.8 Å². The highest BCUT2D eigenvalue weighted by Crippen LogP contribution is 2.42. The number of hydrogen-bond donors (Lipinski definition) is 4. The van der Waals surface area contributed by atoms with Gasteiger partial charge in [-0.15, -0.1) is 0 Å². The molecule has 13 nitrogen and oxygen atoms in total. The van der Waals surface area contributed by atoms with Crippen LogP contribution in [0.25, 0.3) is 0 Å². The summed E-state index contributed by atoms with van der Waals surface area (Å²) in [4.78, 5) is 84.0. The lowest BCUT2D eigenvalue weighted by Gasteiger charge is -2.32. The lowest BCUT2D eigenvalue weighted by atomic mass is 9.81. The molecule has 1 aliphatic heterocycles. The zero-order valence-electron chi connectivity index (χ0n) is 28.8. The first-order chi connectivity index (χ1) is 24.9. The normalized spacial score (nSPS) is 18.5. The standard InChI is InChI=1S/C38H42ClN5O8/c1-24(45)41-20-18-38(16-2-3-17-38)37(52)42-30(36(50)51)21-25-6-12-29(13-7-25)43-34(27-8-10-28(39)11-9-27)44(32(46)14-15-33(47)48)31(35(43)49)22-26-5-4-19-40-23-26/h4-13,19,23,30-31,34H,2-3,14-18,20-22H2,1H3,(H,41,45)(H,42,52)(H,47,48)(H,50,51)/t30?,31-,34?/m1/s1. The molecule has 4 amide bonds. The Balaban J connectivity index is 1.43. The Hall–Kier alpha value is -5.30. The molecule has 1 aromatic heterocycles. The highest BCUT2D eigenvalue weighted by molar-refractivity contribution is 6.30. The number of nitrogens with zero attached hydrogens (tertiary/aromatic N) is 3. The molecule has 0 radical (unpaired) electrons. The van der Waals surface area contributed by atoms with Crippen molar-refractivity contribution in [2.45, 2.75) is 83.0 Å². The second kappa shape index (κ2) is 16.8. The number of carbonyl (C=O) groups is 6. The first-order valence-electron chi connectivity index (χ1n) is 17.3. The number of hydrogen-bond acceptors (Lipinski definition) is 7. The fraction of sp³-hybridized carbons (Fsp3) is 0.395. The molecule has 2 aliphatic rings. The van der Waals surface area contributed by atoms with E-state index in [0.717, 1.165) is 12.8 Å². The number of halogens is 1. The highest BCUT2D eigenvalue weighted by atomic mass is 35.5. The van der Waals surface area contributed by atoms with Crippen LogP contribution in [-0.2, 0) is 41.6 Å². The van der Waals surface area contributed by atoms with Crippen molar-refractivity contribution in [3.05, 3.63) is 94.8 Å². The van der Waals surface area contributed by atoms with Crippen molar-refractivity contribution < 1.29 is 39.0 Å². The molecule has 52 heavy (non-hydrogen) atoms. The third-order valence-electron chi connectivity index (χ3n) is 9.80. The third-order valence-corrected chi connectivity index (χ3v) is 10.1. The van der Waals surface area contributed by atoms with Gasteiger partial charge in [0, 0.05) is 55.8 Å². The zero-order chi connectivity index (χ0) is 37.4. The predicted octanol–water partition coefficient (Wildman–Crippen LogP) is 4.28. The van der Waals surface area contributed by atoms with E-state index in [9.17, 15) is 39.0 Å². The van der Waals surface area contributed by atoms with Gasteiger partial charge >= 0.3 is 11.9 Å². The number of benzene rings is 2. The van der Waals surface area contributed by atoms with Crippen LogP contribution in [0.4, 0.5) is 5.69 Å². The van der Waals surface area contributed by atoms with E-state index >= 15 is 0 Å². The van der Waals surface area contributed by atoms with E-state index in [1.165, 1.54) is 16.7 Å². The van der Waals surface area contributed by atoms with Crippen molar-refractivity contribution in [3.63, 3.8) is 0 Å². The minimum absolute atomic E-state index is 0.0267. The van der Waals surface area contributed by atoms with Gasteiger partial charge in [-0.25, -0.2) is 4.79 Å². The molecule has 5 rings (SSSR count). The second-order valence-corrected chi connectivity index (χ2v) is 13.8. The van der Waals surface area contributed by atoms with Gasteiger partial charge in [-0.2, -0.15) is 0 Å². The fourth-order valence-electron chi connectivity index (χ4n) is 7.15. The Bertz CT molecular complexity index is 1780. The Labute approximate surface area is 306 Å². The van der Waals surface area contributed by atoms with Crippen LogP contribution >= 0.6 is 11.6 Å². The number of aliphatic carboxylic acids is 2. The lowest BCUT2D eigenvalue weighted by molar-refractivity contribution is -0.144. The van der Waals surface area contributed by atoms with Crippen molar-refractivity contribution in [2.24, 2.45) is 5.41 Å². The summed E-state index contributed by atoms with van der Waals surface area (Å²) < 4.78 is 0. The van der Waals surface area contributed by atoms with Crippen molar-refractivity contribution in [2.75, 3.05) is 11.4 Å². The number of pyridine rings is 1. The SMILES string of the molecule is CC(=O)NCCC1(C(=O)NC(Cc2ccc(N3C(=O)[C@@H](Cc4cccnc4)N(C(=O)CCC(=O)O)C3c3ccc(Cl)cc3)cc2)C(=O)O)CCCC1. The van der Waals surface area contributed by atoms with Gasteiger partial charge < -0.3 is 25.7 Å². The van der Waals surface area contributed by atoms with Crippen molar-refractivity contribution in [1.29, 1.82) is 0 Å². The number of carboxylic acids is 2. The third kappa shape index (κ3) is 8.94. The minimum Gasteiger partial charge on any atom is -0.481 e. The molecular weight excluding hydrogens is 690 g/mol. The summed E-state index contributed by atoms with van der Waals surface area (Å²) in [5, 5.41) is 25.4. The Kier molecular flexibility index (Phi) is 12.3. The van der Waals surface area contributed by atoms with Crippen LogP contribution in [0.5, 0.6) is 0 Å². The molecule has 274 valence electrons. The Morgan fingerprint density at radius 1 is 0.962 bits per heavy atom. The summed E-state index contributed by atoms with van der Waals surface area (Å²) in [6.07, 6.45) is 4.94. The Morgan fingerprint density at radius 2 is 1.65 bits per heavy atom. The first-order valence-corrected chi connectivity index (χ1v) is 17.6. The van der Waals surface area contributed by atoms with Crippen molar-refractivity contribution in [3.8, 4) is 0 Å². The van der Waals surface area contributed by atoms with Gasteiger partial charge in [0.2, 0.25) is 17.7 Å². The van der Waals surface area contributed by atoms with Gasteiger partial charge in [0.05, 0.1) is 11.8 Å². The number of amides is 4. The molecule has 14 heteroatoms. The van der Waals surface area contributed by atoms with Crippen LogP contribution in [0.1, 0.15) is 74.7 Å². The van der Waals surface area contributed by atoms with E-state index in [4.69, 9.17) is 11.6 Å². The maximum Gasteiger partial charge on any atom is 0.326 e. The molecular formula is C38H42ClN5O8. The molecule has 2 aromatic carbocycles. The second-order valence-electron chi connectivity index (χ2n) is 13.4. The predicted molar refractivity (Wildman–Crippen MR) is 191 cm³/mol. The Morgan fingerprint density at radius 3 is 2.25 bits per heavy atom. The van der Waals surface area contributed by atoms with Crippen LogP contribution in [0.2, 0.25) is 5.02 Å². The van der Waals surface area contributed by atoms with Crippen molar-refractivity contribution in [1.82, 2.24) is 20.5 Å². The number of nitrogens with one attached hydrogen (secondary N) is 2. The molecule has 2 heterocycles. The number of carbonyl (C=O) groups excluding carboxylic acids is 4. The van der Waals surface area contributed by atoms with E-state index in [1.54, 1.807) is 73.1 Å². The topological polar surface area (TPSA) is 186 Å². The molecule has 3 atom stereocenters.